The maximum atomic E-state index is 9.29. The van der Waals surface area contributed by atoms with Gasteiger partial charge in [0, 0.05) is 11.9 Å². The van der Waals surface area contributed by atoms with E-state index in [0.717, 1.165) is 16.9 Å². The molecular formula is C14H11N5S. The Morgan fingerprint density at radius 2 is 2.10 bits per heavy atom. The third kappa shape index (κ3) is 2.12. The van der Waals surface area contributed by atoms with Gasteiger partial charge in [-0.25, -0.2) is 4.98 Å². The molecule has 6 heteroatoms. The molecule has 0 aliphatic rings. The molecule has 0 saturated carbocycles. The first-order valence-electron chi connectivity index (χ1n) is 6.05. The first kappa shape index (κ1) is 12.6. The molecule has 0 aromatic carbocycles. The fourth-order valence-electron chi connectivity index (χ4n) is 1.99. The van der Waals surface area contributed by atoms with Crippen molar-refractivity contribution in [2.75, 3.05) is 0 Å². The van der Waals surface area contributed by atoms with Crippen molar-refractivity contribution >= 4 is 17.4 Å². The Morgan fingerprint density at radius 3 is 2.90 bits per heavy atom. The van der Waals surface area contributed by atoms with E-state index in [1.54, 1.807) is 0 Å². The van der Waals surface area contributed by atoms with Gasteiger partial charge in [0.2, 0.25) is 5.16 Å². The summed E-state index contributed by atoms with van der Waals surface area (Å²) in [4.78, 5) is 4.45. The minimum Gasteiger partial charge on any atom is -0.277 e. The maximum absolute atomic E-state index is 9.29. The molecule has 5 nitrogen and oxygen atoms in total. The van der Waals surface area contributed by atoms with E-state index in [1.807, 2.05) is 48.7 Å². The van der Waals surface area contributed by atoms with Crippen molar-refractivity contribution < 1.29 is 0 Å². The lowest BCUT2D eigenvalue weighted by molar-refractivity contribution is 0.913. The summed E-state index contributed by atoms with van der Waals surface area (Å²) in [5, 5.41) is 18.9. The van der Waals surface area contributed by atoms with Gasteiger partial charge in [-0.3, -0.25) is 4.40 Å². The fraction of sp³-hybridized carbons (Fsp3) is 0.143. The molecule has 0 aliphatic heterocycles. The summed E-state index contributed by atoms with van der Waals surface area (Å²) < 4.78 is 1.88. The highest BCUT2D eigenvalue weighted by Gasteiger charge is 2.13. The number of nitriles is 1. The second-order valence-electron chi connectivity index (χ2n) is 4.39. The Hall–Kier alpha value is -2.39. The van der Waals surface area contributed by atoms with Crippen LogP contribution in [0, 0.1) is 25.2 Å². The van der Waals surface area contributed by atoms with Gasteiger partial charge < -0.3 is 0 Å². The number of nitrogens with zero attached hydrogens (tertiary/aromatic N) is 5. The fourth-order valence-corrected chi connectivity index (χ4v) is 2.99. The van der Waals surface area contributed by atoms with E-state index in [-0.39, 0.29) is 0 Å². The highest BCUT2D eigenvalue weighted by Crippen LogP contribution is 2.29. The normalized spacial score (nSPS) is 10.7. The number of aromatic nitrogens is 4. The molecule has 20 heavy (non-hydrogen) atoms. The van der Waals surface area contributed by atoms with Crippen LogP contribution in [0.3, 0.4) is 0 Å². The van der Waals surface area contributed by atoms with Crippen LogP contribution in [0.2, 0.25) is 0 Å². The lowest BCUT2D eigenvalue weighted by Gasteiger charge is -2.06. The van der Waals surface area contributed by atoms with Crippen LogP contribution in [0.1, 0.15) is 16.8 Å². The van der Waals surface area contributed by atoms with E-state index in [0.29, 0.717) is 15.7 Å². The molecule has 3 heterocycles. The Morgan fingerprint density at radius 1 is 1.25 bits per heavy atom. The molecular weight excluding hydrogens is 270 g/mol. The first-order valence-corrected chi connectivity index (χ1v) is 6.86. The molecule has 0 aliphatic carbocycles. The summed E-state index contributed by atoms with van der Waals surface area (Å²) in [5.41, 5.74) is 3.18. The largest absolute Gasteiger partial charge is 0.277 e. The van der Waals surface area contributed by atoms with Crippen LogP contribution in [0.5, 0.6) is 0 Å². The minimum absolute atomic E-state index is 0.591. The summed E-state index contributed by atoms with van der Waals surface area (Å²) in [6.45, 7) is 3.83. The van der Waals surface area contributed by atoms with Gasteiger partial charge in [-0.2, -0.15) is 5.26 Å². The van der Waals surface area contributed by atoms with Gasteiger partial charge >= 0.3 is 0 Å². The molecule has 0 saturated heterocycles. The highest BCUT2D eigenvalue weighted by molar-refractivity contribution is 7.99. The standard InChI is InChI=1S/C14H11N5S/c1-9-7-10(2)16-13(11(9)8-15)20-14-18-17-12-5-3-4-6-19(12)14/h3-7H,1-2H3. The quantitative estimate of drug-likeness (QED) is 0.722. The molecule has 3 aromatic rings. The number of hydrogen-bond donors (Lipinski definition) is 0. The van der Waals surface area contributed by atoms with E-state index < -0.39 is 0 Å². The Kier molecular flexibility index (Phi) is 3.12. The van der Waals surface area contributed by atoms with Gasteiger partial charge in [-0.15, -0.1) is 10.2 Å². The minimum atomic E-state index is 0.591. The van der Waals surface area contributed by atoms with Gasteiger partial charge in [-0.1, -0.05) is 6.07 Å². The van der Waals surface area contributed by atoms with Crippen LogP contribution in [0.25, 0.3) is 5.65 Å². The summed E-state index contributed by atoms with van der Waals surface area (Å²) in [6.07, 6.45) is 1.90. The van der Waals surface area contributed by atoms with Crippen LogP contribution in [-0.2, 0) is 0 Å². The van der Waals surface area contributed by atoms with Crippen molar-refractivity contribution in [2.45, 2.75) is 24.0 Å². The first-order chi connectivity index (χ1) is 9.69. The van der Waals surface area contributed by atoms with Gasteiger partial charge in [0.1, 0.15) is 11.1 Å². The van der Waals surface area contributed by atoms with Crippen LogP contribution < -0.4 is 0 Å². The average Bonchev–Trinajstić information content (AvgIpc) is 2.82. The lowest BCUT2D eigenvalue weighted by atomic mass is 10.1. The summed E-state index contributed by atoms with van der Waals surface area (Å²) in [6, 6.07) is 9.83. The summed E-state index contributed by atoms with van der Waals surface area (Å²) >= 11 is 1.36. The van der Waals surface area contributed by atoms with E-state index in [4.69, 9.17) is 0 Å². The average molecular weight is 281 g/mol. The van der Waals surface area contributed by atoms with Crippen molar-refractivity contribution in [1.82, 2.24) is 19.6 Å². The zero-order valence-corrected chi connectivity index (χ0v) is 11.8. The van der Waals surface area contributed by atoms with Crippen molar-refractivity contribution in [2.24, 2.45) is 0 Å². The predicted octanol–water partition coefficient (Wildman–Crippen LogP) is 2.76. The number of hydrogen-bond acceptors (Lipinski definition) is 5. The number of rotatable bonds is 2. The van der Waals surface area contributed by atoms with Gasteiger partial charge in [0.25, 0.3) is 0 Å². The summed E-state index contributed by atoms with van der Waals surface area (Å²) in [5.74, 6) is 0. The molecule has 3 rings (SSSR count). The van der Waals surface area contributed by atoms with Crippen LogP contribution in [0.4, 0.5) is 0 Å². The third-order valence-electron chi connectivity index (χ3n) is 2.89. The van der Waals surface area contributed by atoms with Crippen LogP contribution >= 0.6 is 11.8 Å². The molecule has 98 valence electrons. The lowest BCUT2D eigenvalue weighted by Crippen LogP contribution is -1.95. The van der Waals surface area contributed by atoms with Crippen molar-refractivity contribution in [1.29, 1.82) is 5.26 Å². The Balaban J connectivity index is 2.10. The van der Waals surface area contributed by atoms with Crippen molar-refractivity contribution in [3.8, 4) is 6.07 Å². The number of pyridine rings is 2. The van der Waals surface area contributed by atoms with Crippen LogP contribution in [-0.4, -0.2) is 19.6 Å². The van der Waals surface area contributed by atoms with Gasteiger partial charge in [-0.05, 0) is 49.4 Å². The van der Waals surface area contributed by atoms with E-state index in [2.05, 4.69) is 21.3 Å². The second kappa shape index (κ2) is 4.94. The molecule has 0 bridgehead atoms. The second-order valence-corrected chi connectivity index (χ2v) is 5.34. The van der Waals surface area contributed by atoms with E-state index >= 15 is 0 Å². The molecule has 0 unspecified atom stereocenters. The highest BCUT2D eigenvalue weighted by atomic mass is 32.2. The monoisotopic (exact) mass is 281 g/mol. The topological polar surface area (TPSA) is 66.9 Å². The molecule has 0 N–H and O–H groups in total. The molecule has 0 atom stereocenters. The predicted molar refractivity (Wildman–Crippen MR) is 75.5 cm³/mol. The number of aryl methyl sites for hydroxylation is 2. The van der Waals surface area contributed by atoms with E-state index in [1.165, 1.54) is 11.8 Å². The SMILES string of the molecule is Cc1cc(C)c(C#N)c(Sc2nnc3ccccn23)n1. The van der Waals surface area contributed by atoms with Gasteiger partial charge in [0.05, 0.1) is 5.56 Å². The molecule has 0 radical (unpaired) electrons. The van der Waals surface area contributed by atoms with E-state index in [9.17, 15) is 5.26 Å². The van der Waals surface area contributed by atoms with Gasteiger partial charge in [0.15, 0.2) is 5.65 Å². The van der Waals surface area contributed by atoms with Crippen molar-refractivity contribution in [3.63, 3.8) is 0 Å². The summed E-state index contributed by atoms with van der Waals surface area (Å²) in [7, 11) is 0. The number of fused-ring (bicyclic) bond motifs is 1. The maximum Gasteiger partial charge on any atom is 0.201 e. The molecule has 0 spiro atoms. The Bertz CT molecular complexity index is 831. The third-order valence-corrected chi connectivity index (χ3v) is 3.84. The Labute approximate surface area is 120 Å². The molecule has 0 fully saturated rings. The zero-order chi connectivity index (χ0) is 14.1. The molecule has 3 aromatic heterocycles. The zero-order valence-electron chi connectivity index (χ0n) is 11.0. The van der Waals surface area contributed by atoms with Crippen LogP contribution in [0.15, 0.2) is 40.6 Å². The molecule has 0 amide bonds. The van der Waals surface area contributed by atoms with Crippen molar-refractivity contribution in [3.05, 3.63) is 47.3 Å². The smallest absolute Gasteiger partial charge is 0.201 e.